The van der Waals surface area contributed by atoms with Crippen LogP contribution in [-0.4, -0.2) is 32.0 Å². The molecule has 0 saturated carbocycles. The second-order valence-electron chi connectivity index (χ2n) is 6.59. The number of methoxy groups -OCH3 is 1. The fourth-order valence-corrected chi connectivity index (χ4v) is 3.03. The highest BCUT2D eigenvalue weighted by atomic mass is 19.4. The third-order valence-electron chi connectivity index (χ3n) is 4.49. The molecule has 0 aliphatic rings. The van der Waals surface area contributed by atoms with Crippen molar-refractivity contribution >= 4 is 22.5 Å². The molecule has 0 unspecified atom stereocenters. The van der Waals surface area contributed by atoms with Crippen LogP contribution in [0.25, 0.3) is 22.4 Å². The minimum Gasteiger partial charge on any atom is -0.481 e. The third-order valence-corrected chi connectivity index (χ3v) is 4.49. The van der Waals surface area contributed by atoms with Crippen molar-refractivity contribution in [2.24, 2.45) is 0 Å². The van der Waals surface area contributed by atoms with E-state index in [4.69, 9.17) is 4.74 Å². The number of halogens is 6. The first kappa shape index (κ1) is 22.2. The molecule has 4 aromatic rings. The molecule has 7 nitrogen and oxygen atoms in total. The van der Waals surface area contributed by atoms with E-state index < -0.39 is 35.1 Å². The molecule has 4 rings (SSSR count). The Hall–Kier alpha value is -4.03. The summed E-state index contributed by atoms with van der Waals surface area (Å²) in [4.78, 5) is 19.2. The molecule has 0 radical (unpaired) electrons. The highest BCUT2D eigenvalue weighted by Crippen LogP contribution is 2.37. The predicted octanol–water partition coefficient (Wildman–Crippen LogP) is 5.27. The molecule has 0 fully saturated rings. The summed E-state index contributed by atoms with van der Waals surface area (Å²) in [7, 11) is 1.07. The summed E-state index contributed by atoms with van der Waals surface area (Å²) in [5.41, 5.74) is -2.11. The van der Waals surface area contributed by atoms with Crippen molar-refractivity contribution in [2.45, 2.75) is 12.4 Å². The zero-order chi connectivity index (χ0) is 23.8. The first-order valence-electron chi connectivity index (χ1n) is 9.10. The minimum atomic E-state index is -4.68. The van der Waals surface area contributed by atoms with Gasteiger partial charge in [-0.15, -0.1) is 0 Å². The first-order chi connectivity index (χ1) is 15.6. The molecule has 13 heteroatoms. The average Bonchev–Trinajstić information content (AvgIpc) is 2.77. The lowest BCUT2D eigenvalue weighted by atomic mass is 10.1. The maximum atomic E-state index is 13.3. The Labute approximate surface area is 181 Å². The van der Waals surface area contributed by atoms with Crippen LogP contribution in [0.1, 0.15) is 11.1 Å². The van der Waals surface area contributed by atoms with E-state index in [1.807, 2.05) is 0 Å². The number of fused-ring (bicyclic) bond motifs is 1. The summed E-state index contributed by atoms with van der Waals surface area (Å²) in [5.74, 6) is -0.568. The molecule has 0 aliphatic carbocycles. The monoisotopic (exact) mass is 466 g/mol. The maximum absolute atomic E-state index is 13.3. The van der Waals surface area contributed by atoms with E-state index in [9.17, 15) is 26.3 Å². The molecule has 0 aliphatic heterocycles. The number of anilines is 2. The molecule has 0 atom stereocenters. The van der Waals surface area contributed by atoms with E-state index in [-0.39, 0.29) is 17.2 Å². The van der Waals surface area contributed by atoms with Gasteiger partial charge >= 0.3 is 12.4 Å². The van der Waals surface area contributed by atoms with Gasteiger partial charge in [-0.1, -0.05) is 0 Å². The smallest absolute Gasteiger partial charge is 0.421 e. The van der Waals surface area contributed by atoms with Gasteiger partial charge in [0.05, 0.1) is 18.5 Å². The SMILES string of the molecule is COc1nc(Nc2ccnc3nc(-c4ncncc4C(F)(F)F)ccc23)ccc1C(F)(F)F. The molecular weight excluding hydrogens is 454 g/mol. The van der Waals surface area contributed by atoms with Crippen LogP contribution in [0.2, 0.25) is 0 Å². The number of nitrogens with one attached hydrogen (secondary N) is 1. The Bertz CT molecular complexity index is 1320. The molecular formula is C20H12F6N6O. The van der Waals surface area contributed by atoms with Crippen molar-refractivity contribution in [3.05, 3.63) is 60.2 Å². The number of ether oxygens (including phenoxy) is 1. The second-order valence-corrected chi connectivity index (χ2v) is 6.59. The van der Waals surface area contributed by atoms with Gasteiger partial charge in [0.15, 0.2) is 5.65 Å². The van der Waals surface area contributed by atoms with E-state index in [1.165, 1.54) is 24.4 Å². The van der Waals surface area contributed by atoms with Crippen molar-refractivity contribution in [3.63, 3.8) is 0 Å². The number of hydrogen-bond donors (Lipinski definition) is 1. The zero-order valence-corrected chi connectivity index (χ0v) is 16.5. The molecule has 33 heavy (non-hydrogen) atoms. The lowest BCUT2D eigenvalue weighted by Gasteiger charge is -2.14. The van der Waals surface area contributed by atoms with Crippen LogP contribution in [0.4, 0.5) is 37.8 Å². The molecule has 0 saturated heterocycles. The van der Waals surface area contributed by atoms with Gasteiger partial charge in [0, 0.05) is 17.8 Å². The molecule has 4 heterocycles. The van der Waals surface area contributed by atoms with Crippen molar-refractivity contribution in [1.29, 1.82) is 0 Å². The molecule has 4 aromatic heterocycles. The number of aromatic nitrogens is 5. The van der Waals surface area contributed by atoms with Gasteiger partial charge in [0.1, 0.15) is 29.0 Å². The number of alkyl halides is 6. The van der Waals surface area contributed by atoms with Gasteiger partial charge in [0.25, 0.3) is 0 Å². The van der Waals surface area contributed by atoms with Crippen LogP contribution in [0, 0.1) is 0 Å². The Morgan fingerprint density at radius 2 is 1.61 bits per heavy atom. The lowest BCUT2D eigenvalue weighted by molar-refractivity contribution is -0.139. The molecule has 0 amide bonds. The number of rotatable bonds is 4. The van der Waals surface area contributed by atoms with E-state index in [0.29, 0.717) is 17.3 Å². The summed E-state index contributed by atoms with van der Waals surface area (Å²) >= 11 is 0. The van der Waals surface area contributed by atoms with Gasteiger partial charge in [-0.05, 0) is 30.3 Å². The Morgan fingerprint density at radius 1 is 0.848 bits per heavy atom. The Kier molecular flexibility index (Phi) is 5.47. The lowest BCUT2D eigenvalue weighted by Crippen LogP contribution is -2.10. The summed E-state index contributed by atoms with van der Waals surface area (Å²) in [6.07, 6.45) is -6.35. The van der Waals surface area contributed by atoms with E-state index in [1.54, 1.807) is 0 Å². The normalized spacial score (nSPS) is 12.1. The van der Waals surface area contributed by atoms with Crippen molar-refractivity contribution in [2.75, 3.05) is 12.4 Å². The predicted molar refractivity (Wildman–Crippen MR) is 105 cm³/mol. The van der Waals surface area contributed by atoms with Crippen LogP contribution in [-0.2, 0) is 12.4 Å². The van der Waals surface area contributed by atoms with E-state index in [2.05, 4.69) is 30.2 Å². The molecule has 0 bridgehead atoms. The van der Waals surface area contributed by atoms with E-state index in [0.717, 1.165) is 25.6 Å². The highest BCUT2D eigenvalue weighted by Gasteiger charge is 2.36. The van der Waals surface area contributed by atoms with Crippen LogP contribution in [0.15, 0.2) is 49.1 Å². The van der Waals surface area contributed by atoms with Crippen LogP contribution in [0.5, 0.6) is 5.88 Å². The second kappa shape index (κ2) is 8.15. The van der Waals surface area contributed by atoms with Crippen molar-refractivity contribution in [3.8, 4) is 17.3 Å². The fraction of sp³-hybridized carbons (Fsp3) is 0.150. The summed E-state index contributed by atoms with van der Waals surface area (Å²) in [5, 5.41) is 3.24. The van der Waals surface area contributed by atoms with E-state index >= 15 is 0 Å². The molecule has 0 aromatic carbocycles. The quantitative estimate of drug-likeness (QED) is 0.410. The molecule has 170 valence electrons. The Balaban J connectivity index is 1.73. The number of nitrogens with zero attached hydrogens (tertiary/aromatic N) is 5. The van der Waals surface area contributed by atoms with Gasteiger partial charge in [-0.3, -0.25) is 0 Å². The first-order valence-corrected chi connectivity index (χ1v) is 9.10. The van der Waals surface area contributed by atoms with Gasteiger partial charge < -0.3 is 10.1 Å². The summed E-state index contributed by atoms with van der Waals surface area (Å²) in [6.45, 7) is 0. The van der Waals surface area contributed by atoms with Crippen LogP contribution < -0.4 is 10.1 Å². The van der Waals surface area contributed by atoms with Gasteiger partial charge in [-0.2, -0.15) is 31.3 Å². The molecule has 1 N–H and O–H groups in total. The number of hydrogen-bond acceptors (Lipinski definition) is 7. The molecule has 0 spiro atoms. The van der Waals surface area contributed by atoms with Crippen molar-refractivity contribution in [1.82, 2.24) is 24.9 Å². The van der Waals surface area contributed by atoms with Crippen molar-refractivity contribution < 1.29 is 31.1 Å². The van der Waals surface area contributed by atoms with Gasteiger partial charge in [0.2, 0.25) is 5.88 Å². The summed E-state index contributed by atoms with van der Waals surface area (Å²) in [6, 6.07) is 6.25. The Morgan fingerprint density at radius 3 is 2.30 bits per heavy atom. The fourth-order valence-electron chi connectivity index (χ4n) is 3.03. The van der Waals surface area contributed by atoms with Crippen LogP contribution in [0.3, 0.4) is 0 Å². The highest BCUT2D eigenvalue weighted by molar-refractivity contribution is 5.91. The maximum Gasteiger partial charge on any atom is 0.421 e. The van der Waals surface area contributed by atoms with Crippen LogP contribution >= 0.6 is 0 Å². The largest absolute Gasteiger partial charge is 0.481 e. The zero-order valence-electron chi connectivity index (χ0n) is 16.5. The number of pyridine rings is 3. The standard InChI is InChI=1S/C20H12F6N6O/c1-33-18-11(19(21,22)23)3-5-15(32-18)30-13-6-7-28-17-10(13)2-4-14(31-17)16-12(20(24,25)26)8-27-9-29-16/h2-9H,1H3,(H,28,30,31,32). The topological polar surface area (TPSA) is 85.7 Å². The minimum absolute atomic E-state index is 0.0478. The average molecular weight is 466 g/mol. The third kappa shape index (κ3) is 4.47. The summed E-state index contributed by atoms with van der Waals surface area (Å²) < 4.78 is 83.8. The van der Waals surface area contributed by atoms with Gasteiger partial charge in [-0.25, -0.2) is 19.9 Å².